The summed E-state index contributed by atoms with van der Waals surface area (Å²) in [7, 11) is 0. The monoisotopic (exact) mass is 330 g/mol. The molecule has 0 radical (unpaired) electrons. The Morgan fingerprint density at radius 2 is 2.06 bits per heavy atom. The van der Waals surface area contributed by atoms with E-state index in [0.29, 0.717) is 11.0 Å². The van der Waals surface area contributed by atoms with Crippen LogP contribution < -0.4 is 0 Å². The zero-order valence-electron chi connectivity index (χ0n) is 9.96. The van der Waals surface area contributed by atoms with Gasteiger partial charge in [-0.1, -0.05) is 0 Å². The first-order valence-corrected chi connectivity index (χ1v) is 7.66. The maximum Gasteiger partial charge on any atom is 0.282 e. The molecule has 2 aliphatic heterocycles. The molecule has 7 heteroatoms. The lowest BCUT2D eigenvalue weighted by molar-refractivity contribution is 0.0383. The average Bonchev–Trinajstić information content (AvgIpc) is 2.88. The number of carbonyl (C=O) groups excluding carboxylic acids is 1. The largest absolute Gasteiger partial charge is 0.334 e. The lowest BCUT2D eigenvalue weighted by Gasteiger charge is -2.45. The molecule has 0 spiro atoms. The van der Waals surface area contributed by atoms with Crippen LogP contribution in [-0.2, 0) is 0 Å². The van der Waals surface area contributed by atoms with Gasteiger partial charge in [0.05, 0.1) is 0 Å². The molecule has 0 unspecified atom stereocenters. The third kappa shape index (κ3) is 2.45. The first kappa shape index (κ1) is 12.5. The minimum absolute atomic E-state index is 0.0837. The highest BCUT2D eigenvalue weighted by Crippen LogP contribution is 2.20. The van der Waals surface area contributed by atoms with Gasteiger partial charge in [0.25, 0.3) is 5.91 Å². The Labute approximate surface area is 119 Å². The number of piperazine rings is 1. The second kappa shape index (κ2) is 5.24. The van der Waals surface area contributed by atoms with Crippen LogP contribution in [0.1, 0.15) is 9.80 Å². The molecule has 2 fully saturated rings. The molecule has 3 rings (SSSR count). The highest BCUT2D eigenvalue weighted by Gasteiger charge is 2.33. The van der Waals surface area contributed by atoms with E-state index < -0.39 is 0 Å². The molecule has 18 heavy (non-hydrogen) atoms. The number of hydrogen-bond acceptors (Lipinski definition) is 5. The molecule has 0 N–H and O–H groups in total. The van der Waals surface area contributed by atoms with Crippen LogP contribution in [0.4, 0.5) is 0 Å². The van der Waals surface area contributed by atoms with Crippen LogP contribution >= 0.6 is 27.5 Å². The molecule has 98 valence electrons. The van der Waals surface area contributed by atoms with E-state index in [-0.39, 0.29) is 5.91 Å². The molecule has 0 aromatic carbocycles. The fourth-order valence-corrected chi connectivity index (χ4v) is 3.66. The fraction of sp³-hybridized carbons (Fsp3) is 0.636. The predicted molar refractivity (Wildman–Crippen MR) is 73.9 cm³/mol. The van der Waals surface area contributed by atoms with E-state index >= 15 is 0 Å². The lowest BCUT2D eigenvalue weighted by Crippen LogP contribution is -2.60. The summed E-state index contributed by atoms with van der Waals surface area (Å²) >= 11 is 4.88. The Kier molecular flexibility index (Phi) is 3.65. The van der Waals surface area contributed by atoms with Gasteiger partial charge in [-0.05, 0) is 0 Å². The van der Waals surface area contributed by atoms with Crippen molar-refractivity contribution in [3.8, 4) is 0 Å². The van der Waals surface area contributed by atoms with Gasteiger partial charge in [-0.25, -0.2) is 8.91 Å². The minimum atomic E-state index is 0.0837. The molecule has 0 aliphatic carbocycles. The fourth-order valence-electron chi connectivity index (χ4n) is 2.39. The van der Waals surface area contributed by atoms with E-state index in [1.165, 1.54) is 11.3 Å². The lowest BCUT2D eigenvalue weighted by atomic mass is 10.1. The van der Waals surface area contributed by atoms with Gasteiger partial charge in [-0.15, -0.1) is 11.3 Å². The van der Waals surface area contributed by atoms with Gasteiger partial charge in [0.2, 0.25) is 0 Å². The van der Waals surface area contributed by atoms with Gasteiger partial charge in [0.15, 0.2) is 5.01 Å². The molecule has 2 aliphatic rings. The van der Waals surface area contributed by atoms with Crippen LogP contribution in [0, 0.1) is 0 Å². The van der Waals surface area contributed by atoms with E-state index in [2.05, 4.69) is 30.0 Å². The molecule has 1 amide bonds. The summed E-state index contributed by atoms with van der Waals surface area (Å²) in [4.78, 5) is 20.6. The summed E-state index contributed by atoms with van der Waals surface area (Å²) in [6.07, 6.45) is 1.69. The van der Waals surface area contributed by atoms with Crippen LogP contribution in [0.3, 0.4) is 0 Å². The SMILES string of the molecule is O=C(c1nccs1)N1CCN(C2CN(Br)C2)CC1. The number of thiazole rings is 1. The van der Waals surface area contributed by atoms with Gasteiger partial charge >= 0.3 is 0 Å². The van der Waals surface area contributed by atoms with Gasteiger partial charge in [-0.2, -0.15) is 0 Å². The molecule has 0 bridgehead atoms. The number of carbonyl (C=O) groups is 1. The quantitative estimate of drug-likeness (QED) is 0.755. The van der Waals surface area contributed by atoms with E-state index in [1.807, 2.05) is 10.3 Å². The maximum absolute atomic E-state index is 12.1. The Balaban J connectivity index is 1.52. The molecular formula is C11H15BrN4OS. The molecule has 0 atom stereocenters. The minimum Gasteiger partial charge on any atom is -0.334 e. The molecule has 1 aromatic heterocycles. The topological polar surface area (TPSA) is 39.7 Å². The third-order valence-electron chi connectivity index (χ3n) is 3.55. The Morgan fingerprint density at radius 1 is 1.33 bits per heavy atom. The van der Waals surface area contributed by atoms with E-state index in [0.717, 1.165) is 39.3 Å². The van der Waals surface area contributed by atoms with Crippen molar-refractivity contribution in [1.29, 1.82) is 0 Å². The summed E-state index contributed by atoms with van der Waals surface area (Å²) in [6, 6.07) is 0.654. The normalized spacial score (nSPS) is 23.1. The van der Waals surface area contributed by atoms with Gasteiger partial charge in [-0.3, -0.25) is 9.69 Å². The van der Waals surface area contributed by atoms with Gasteiger partial charge < -0.3 is 4.90 Å². The Hall–Kier alpha value is -0.500. The smallest absolute Gasteiger partial charge is 0.282 e. The standard InChI is InChI=1S/C11H15BrN4OS/c12-16-7-9(8-16)14-2-4-15(5-3-14)11(17)10-13-1-6-18-10/h1,6,9H,2-5,7-8H2. The van der Waals surface area contributed by atoms with Crippen molar-refractivity contribution < 1.29 is 4.79 Å². The number of nitrogens with zero attached hydrogens (tertiary/aromatic N) is 4. The van der Waals surface area contributed by atoms with Crippen molar-refractivity contribution >= 4 is 33.4 Å². The number of halogens is 1. The van der Waals surface area contributed by atoms with Crippen LogP contribution in [0.5, 0.6) is 0 Å². The molecule has 5 nitrogen and oxygen atoms in total. The van der Waals surface area contributed by atoms with Crippen LogP contribution in [0.25, 0.3) is 0 Å². The van der Waals surface area contributed by atoms with E-state index in [9.17, 15) is 4.79 Å². The second-order valence-corrected chi connectivity index (χ2v) is 6.54. The summed E-state index contributed by atoms with van der Waals surface area (Å²) in [5.74, 6) is 0.0837. The van der Waals surface area contributed by atoms with Crippen molar-refractivity contribution in [2.45, 2.75) is 6.04 Å². The molecule has 3 heterocycles. The van der Waals surface area contributed by atoms with Gasteiger partial charge in [0.1, 0.15) is 0 Å². The summed E-state index contributed by atoms with van der Waals surface area (Å²) < 4.78 is 2.14. The average molecular weight is 331 g/mol. The molecule has 1 aromatic rings. The number of aromatic nitrogens is 1. The Morgan fingerprint density at radius 3 is 2.61 bits per heavy atom. The number of amides is 1. The highest BCUT2D eigenvalue weighted by atomic mass is 79.9. The van der Waals surface area contributed by atoms with Crippen LogP contribution in [-0.4, -0.2) is 69.9 Å². The Bertz CT molecular complexity index is 413. The van der Waals surface area contributed by atoms with Crippen molar-refractivity contribution in [1.82, 2.24) is 18.7 Å². The first-order valence-electron chi connectivity index (χ1n) is 6.07. The van der Waals surface area contributed by atoms with Crippen LogP contribution in [0.15, 0.2) is 11.6 Å². The summed E-state index contributed by atoms with van der Waals surface area (Å²) in [5, 5.41) is 2.46. The first-order chi connectivity index (χ1) is 8.74. The highest BCUT2D eigenvalue weighted by molar-refractivity contribution is 9.07. The zero-order valence-corrected chi connectivity index (χ0v) is 12.4. The second-order valence-electron chi connectivity index (χ2n) is 4.65. The van der Waals surface area contributed by atoms with E-state index in [1.54, 1.807) is 6.20 Å². The zero-order chi connectivity index (χ0) is 12.5. The number of hydrogen-bond donors (Lipinski definition) is 0. The van der Waals surface area contributed by atoms with Gasteiger partial charge in [0, 0.05) is 73.0 Å². The van der Waals surface area contributed by atoms with Crippen LogP contribution in [0.2, 0.25) is 0 Å². The van der Waals surface area contributed by atoms with Crippen molar-refractivity contribution in [3.05, 3.63) is 16.6 Å². The predicted octanol–water partition coefficient (Wildman–Crippen LogP) is 0.895. The molecule has 2 saturated heterocycles. The number of rotatable bonds is 2. The van der Waals surface area contributed by atoms with Crippen molar-refractivity contribution in [3.63, 3.8) is 0 Å². The third-order valence-corrected chi connectivity index (χ3v) is 4.89. The molecule has 0 saturated carbocycles. The van der Waals surface area contributed by atoms with Crippen molar-refractivity contribution in [2.24, 2.45) is 0 Å². The van der Waals surface area contributed by atoms with E-state index in [4.69, 9.17) is 0 Å². The van der Waals surface area contributed by atoms with Crippen molar-refractivity contribution in [2.75, 3.05) is 39.3 Å². The summed E-state index contributed by atoms with van der Waals surface area (Å²) in [5.41, 5.74) is 0. The maximum atomic E-state index is 12.1. The molecular weight excluding hydrogens is 316 g/mol. The summed E-state index contributed by atoms with van der Waals surface area (Å²) in [6.45, 7) is 5.75.